The summed E-state index contributed by atoms with van der Waals surface area (Å²) in [7, 11) is 0. The first-order valence-corrected chi connectivity index (χ1v) is 9.46. The Labute approximate surface area is 163 Å². The number of aromatic nitrogens is 2. The molecule has 4 rings (SSSR count). The molecule has 0 unspecified atom stereocenters. The molecule has 1 saturated carbocycles. The van der Waals surface area contributed by atoms with Crippen LogP contribution >= 0.6 is 0 Å². The minimum Gasteiger partial charge on any atom is -0.491 e. The number of benzene rings is 1. The summed E-state index contributed by atoms with van der Waals surface area (Å²) in [6, 6.07) is 9.14. The number of ether oxygens (including phenoxy) is 2. The summed E-state index contributed by atoms with van der Waals surface area (Å²) in [4.78, 5) is 19.9. The van der Waals surface area contributed by atoms with E-state index in [4.69, 9.17) is 13.9 Å². The van der Waals surface area contributed by atoms with Crippen LogP contribution in [0.25, 0.3) is 22.6 Å². The van der Waals surface area contributed by atoms with Crippen molar-refractivity contribution in [3.8, 4) is 23.1 Å². The maximum atomic E-state index is 11.1. The SMILES string of the molecule is CC(=O)N[C@@H](C)COc1ccc2nc(-c3ccc(OCC4CC4)nc3)oc2c1. The maximum absolute atomic E-state index is 11.1. The van der Waals surface area contributed by atoms with Gasteiger partial charge >= 0.3 is 0 Å². The highest BCUT2D eigenvalue weighted by Crippen LogP contribution is 2.30. The molecule has 0 saturated heterocycles. The molecule has 0 spiro atoms. The number of amides is 1. The number of nitrogens with one attached hydrogen (secondary N) is 1. The summed E-state index contributed by atoms with van der Waals surface area (Å²) in [5, 5.41) is 2.78. The van der Waals surface area contributed by atoms with Gasteiger partial charge < -0.3 is 19.2 Å². The number of oxazole rings is 1. The highest BCUT2D eigenvalue weighted by Gasteiger charge is 2.22. The number of carbonyl (C=O) groups is 1. The molecule has 1 N–H and O–H groups in total. The van der Waals surface area contributed by atoms with Crippen LogP contribution < -0.4 is 14.8 Å². The van der Waals surface area contributed by atoms with Crippen LogP contribution in [0.2, 0.25) is 0 Å². The van der Waals surface area contributed by atoms with E-state index in [-0.39, 0.29) is 11.9 Å². The Morgan fingerprint density at radius 3 is 2.86 bits per heavy atom. The minimum atomic E-state index is -0.0796. The molecule has 28 heavy (non-hydrogen) atoms. The monoisotopic (exact) mass is 381 g/mol. The highest BCUT2D eigenvalue weighted by atomic mass is 16.5. The lowest BCUT2D eigenvalue weighted by molar-refractivity contribution is -0.119. The van der Waals surface area contributed by atoms with Crippen LogP contribution in [-0.2, 0) is 4.79 Å². The summed E-state index contributed by atoms with van der Waals surface area (Å²) in [6.07, 6.45) is 4.21. The average molecular weight is 381 g/mol. The van der Waals surface area contributed by atoms with E-state index in [1.807, 2.05) is 31.2 Å². The molecule has 1 amide bonds. The Morgan fingerprint density at radius 2 is 2.14 bits per heavy atom. The molecule has 1 aliphatic carbocycles. The molecule has 146 valence electrons. The zero-order valence-electron chi connectivity index (χ0n) is 16.0. The van der Waals surface area contributed by atoms with E-state index in [1.54, 1.807) is 12.3 Å². The van der Waals surface area contributed by atoms with E-state index >= 15 is 0 Å². The molecule has 7 nitrogen and oxygen atoms in total. The summed E-state index contributed by atoms with van der Waals surface area (Å²) in [5.74, 6) is 2.39. The molecule has 2 heterocycles. The van der Waals surface area contributed by atoms with E-state index in [0.29, 0.717) is 35.6 Å². The van der Waals surface area contributed by atoms with Crippen molar-refractivity contribution in [2.45, 2.75) is 32.7 Å². The zero-order valence-corrected chi connectivity index (χ0v) is 16.0. The third-order valence-electron chi connectivity index (χ3n) is 4.46. The van der Waals surface area contributed by atoms with Gasteiger partial charge in [-0.25, -0.2) is 9.97 Å². The van der Waals surface area contributed by atoms with Crippen molar-refractivity contribution in [2.24, 2.45) is 5.92 Å². The molecule has 2 aromatic heterocycles. The van der Waals surface area contributed by atoms with E-state index in [2.05, 4.69) is 15.3 Å². The smallest absolute Gasteiger partial charge is 0.228 e. The summed E-state index contributed by atoms with van der Waals surface area (Å²) in [6.45, 7) is 4.48. The second-order valence-electron chi connectivity index (χ2n) is 7.20. The number of hydrogen-bond acceptors (Lipinski definition) is 6. The quantitative estimate of drug-likeness (QED) is 0.642. The fourth-order valence-electron chi connectivity index (χ4n) is 2.81. The molecular formula is C21H23N3O4. The van der Waals surface area contributed by atoms with Crippen LogP contribution in [0, 0.1) is 5.92 Å². The van der Waals surface area contributed by atoms with Gasteiger partial charge in [-0.05, 0) is 43.9 Å². The van der Waals surface area contributed by atoms with Crippen molar-refractivity contribution in [1.29, 1.82) is 0 Å². The van der Waals surface area contributed by atoms with Crippen LogP contribution in [0.5, 0.6) is 11.6 Å². The summed E-state index contributed by atoms with van der Waals surface area (Å²) >= 11 is 0. The molecule has 1 aromatic carbocycles. The number of carbonyl (C=O) groups excluding carboxylic acids is 1. The fraction of sp³-hybridized carbons (Fsp3) is 0.381. The van der Waals surface area contributed by atoms with E-state index < -0.39 is 0 Å². The van der Waals surface area contributed by atoms with Gasteiger partial charge in [-0.15, -0.1) is 0 Å². The zero-order chi connectivity index (χ0) is 19.5. The lowest BCUT2D eigenvalue weighted by atomic mass is 10.3. The molecule has 1 atom stereocenters. The van der Waals surface area contributed by atoms with Crippen LogP contribution in [-0.4, -0.2) is 35.1 Å². The molecule has 0 aliphatic heterocycles. The molecule has 7 heteroatoms. The van der Waals surface area contributed by atoms with Gasteiger partial charge in [-0.1, -0.05) is 0 Å². The van der Waals surface area contributed by atoms with Crippen LogP contribution in [0.1, 0.15) is 26.7 Å². The second-order valence-corrected chi connectivity index (χ2v) is 7.20. The molecule has 3 aromatic rings. The highest BCUT2D eigenvalue weighted by molar-refractivity contribution is 5.77. The minimum absolute atomic E-state index is 0.0785. The van der Waals surface area contributed by atoms with Gasteiger partial charge in [0.05, 0.1) is 18.2 Å². The van der Waals surface area contributed by atoms with Gasteiger partial charge in [0.1, 0.15) is 17.9 Å². The van der Waals surface area contributed by atoms with Crippen LogP contribution in [0.15, 0.2) is 40.9 Å². The third kappa shape index (κ3) is 4.60. The third-order valence-corrected chi connectivity index (χ3v) is 4.46. The Morgan fingerprint density at radius 1 is 1.29 bits per heavy atom. The number of rotatable bonds is 8. The summed E-state index contributed by atoms with van der Waals surface area (Å²) in [5.41, 5.74) is 2.16. The standard InChI is InChI=1S/C21H23N3O4/c1-13(23-14(2)25)11-26-17-6-7-18-19(9-17)28-21(24-18)16-5-8-20(22-10-16)27-12-15-3-4-15/h5-10,13,15H,3-4,11-12H2,1-2H3,(H,23,25)/t13-/m0/s1. The van der Waals surface area contributed by atoms with E-state index in [1.165, 1.54) is 19.8 Å². The van der Waals surface area contributed by atoms with Crippen molar-refractivity contribution >= 4 is 17.0 Å². The van der Waals surface area contributed by atoms with E-state index in [0.717, 1.165) is 17.7 Å². The lowest BCUT2D eigenvalue weighted by Gasteiger charge is -2.13. The molecule has 0 radical (unpaired) electrons. The molecule has 1 aliphatic rings. The number of nitrogens with zero attached hydrogens (tertiary/aromatic N) is 2. The van der Waals surface area contributed by atoms with Crippen molar-refractivity contribution in [3.05, 3.63) is 36.5 Å². The number of hydrogen-bond donors (Lipinski definition) is 1. The average Bonchev–Trinajstić information content (AvgIpc) is 3.41. The lowest BCUT2D eigenvalue weighted by Crippen LogP contribution is -2.35. The van der Waals surface area contributed by atoms with Gasteiger partial charge in [0.2, 0.25) is 17.7 Å². The van der Waals surface area contributed by atoms with E-state index in [9.17, 15) is 4.79 Å². The van der Waals surface area contributed by atoms with Crippen LogP contribution in [0.3, 0.4) is 0 Å². The maximum Gasteiger partial charge on any atom is 0.228 e. The second kappa shape index (κ2) is 7.88. The number of pyridine rings is 1. The Kier molecular flexibility index (Phi) is 5.14. The first kappa shape index (κ1) is 18.3. The topological polar surface area (TPSA) is 86.5 Å². The predicted molar refractivity (Wildman–Crippen MR) is 104 cm³/mol. The molecule has 0 bridgehead atoms. The first-order valence-electron chi connectivity index (χ1n) is 9.46. The number of fused-ring (bicyclic) bond motifs is 1. The van der Waals surface area contributed by atoms with Crippen molar-refractivity contribution < 1.29 is 18.7 Å². The molecule has 1 fully saturated rings. The van der Waals surface area contributed by atoms with Crippen molar-refractivity contribution in [2.75, 3.05) is 13.2 Å². The predicted octanol–water partition coefficient (Wildman–Crippen LogP) is 3.58. The van der Waals surface area contributed by atoms with Gasteiger partial charge in [0, 0.05) is 25.3 Å². The Balaban J connectivity index is 1.43. The van der Waals surface area contributed by atoms with Gasteiger partial charge in [-0.2, -0.15) is 0 Å². The van der Waals surface area contributed by atoms with Gasteiger partial charge in [0.15, 0.2) is 5.58 Å². The normalized spacial score (nSPS) is 14.6. The Bertz CT molecular complexity index is 963. The van der Waals surface area contributed by atoms with Gasteiger partial charge in [0.25, 0.3) is 0 Å². The molecular weight excluding hydrogens is 358 g/mol. The van der Waals surface area contributed by atoms with Crippen molar-refractivity contribution in [3.63, 3.8) is 0 Å². The summed E-state index contributed by atoms with van der Waals surface area (Å²) < 4.78 is 17.3. The van der Waals surface area contributed by atoms with Crippen molar-refractivity contribution in [1.82, 2.24) is 15.3 Å². The largest absolute Gasteiger partial charge is 0.491 e. The first-order chi connectivity index (χ1) is 13.6. The van der Waals surface area contributed by atoms with Gasteiger partial charge in [-0.3, -0.25) is 4.79 Å². The Hall–Kier alpha value is -3.09. The van der Waals surface area contributed by atoms with Crippen LogP contribution in [0.4, 0.5) is 0 Å². The fourth-order valence-corrected chi connectivity index (χ4v) is 2.81.